The minimum Gasteiger partial charge on any atom is -0.433 e. The number of aryl methyl sites for hydroxylation is 1. The van der Waals surface area contributed by atoms with Crippen LogP contribution in [0.5, 0.6) is 5.75 Å². The van der Waals surface area contributed by atoms with Crippen molar-refractivity contribution in [1.29, 1.82) is 5.41 Å². The van der Waals surface area contributed by atoms with Crippen molar-refractivity contribution in [2.24, 2.45) is 13.0 Å². The van der Waals surface area contributed by atoms with E-state index in [0.717, 1.165) is 24.0 Å². The van der Waals surface area contributed by atoms with E-state index in [1.54, 1.807) is 29.2 Å². The van der Waals surface area contributed by atoms with Crippen molar-refractivity contribution in [1.82, 2.24) is 14.8 Å². The maximum absolute atomic E-state index is 13.1. The van der Waals surface area contributed by atoms with E-state index < -0.39 is 6.11 Å². The number of pyridine rings is 1. The van der Waals surface area contributed by atoms with Crippen LogP contribution in [0.15, 0.2) is 48.9 Å². The van der Waals surface area contributed by atoms with Crippen LogP contribution in [0.25, 0.3) is 11.1 Å². The first-order valence-electron chi connectivity index (χ1n) is 10.2. The monoisotopic (exact) mass is 427 g/mol. The normalized spacial score (nSPS) is 11.6. The predicted octanol–water partition coefficient (Wildman–Crippen LogP) is 6.02. The number of halogens is 2. The third-order valence-electron chi connectivity index (χ3n) is 5.04. The molecule has 0 saturated heterocycles. The summed E-state index contributed by atoms with van der Waals surface area (Å²) in [4.78, 5) is 4.49. The summed E-state index contributed by atoms with van der Waals surface area (Å²) in [6.07, 6.45) is 3.79. The molecule has 8 heteroatoms. The molecular formula is C23H27F2N5O. The van der Waals surface area contributed by atoms with Crippen molar-refractivity contribution in [3.8, 4) is 16.9 Å². The topological polar surface area (TPSA) is 75.8 Å². The molecule has 2 heterocycles. The molecule has 31 heavy (non-hydrogen) atoms. The Balaban J connectivity index is 2.00. The molecule has 3 aromatic rings. The summed E-state index contributed by atoms with van der Waals surface area (Å²) in [5.41, 5.74) is 3.64. The van der Waals surface area contributed by atoms with E-state index in [-0.39, 0.29) is 11.7 Å². The fraction of sp³-hybridized carbons (Fsp3) is 0.348. The van der Waals surface area contributed by atoms with Gasteiger partial charge in [0.2, 0.25) is 0 Å². The number of ether oxygens (including phenoxy) is 1. The summed E-state index contributed by atoms with van der Waals surface area (Å²) in [6, 6.07) is 8.11. The highest BCUT2D eigenvalue weighted by Crippen LogP contribution is 2.33. The summed E-state index contributed by atoms with van der Waals surface area (Å²) in [5.74, 6) is 0.690. The summed E-state index contributed by atoms with van der Waals surface area (Å²) in [7, 11) is 1.85. The number of nitrogens with one attached hydrogen (secondary N) is 2. The zero-order chi connectivity index (χ0) is 22.6. The average molecular weight is 427 g/mol. The fourth-order valence-corrected chi connectivity index (χ4v) is 3.48. The van der Waals surface area contributed by atoms with Crippen molar-refractivity contribution in [2.45, 2.75) is 39.7 Å². The largest absolute Gasteiger partial charge is 0.433 e. The van der Waals surface area contributed by atoms with Crippen LogP contribution in [0.4, 0.5) is 20.3 Å². The molecule has 1 aromatic carbocycles. The third-order valence-corrected chi connectivity index (χ3v) is 5.04. The van der Waals surface area contributed by atoms with E-state index in [9.17, 15) is 8.78 Å². The van der Waals surface area contributed by atoms with Gasteiger partial charge in [-0.25, -0.2) is 4.98 Å². The van der Waals surface area contributed by atoms with Crippen LogP contribution in [0.2, 0.25) is 0 Å². The molecule has 2 aromatic heterocycles. The predicted molar refractivity (Wildman–Crippen MR) is 118 cm³/mol. The van der Waals surface area contributed by atoms with Gasteiger partial charge in [0.15, 0.2) is 0 Å². The summed E-state index contributed by atoms with van der Waals surface area (Å²) in [5, 5.41) is 16.4. The van der Waals surface area contributed by atoms with Crippen LogP contribution in [0.1, 0.15) is 39.2 Å². The van der Waals surface area contributed by atoms with Gasteiger partial charge in [-0.05, 0) is 48.7 Å². The van der Waals surface area contributed by atoms with Crippen molar-refractivity contribution in [3.63, 3.8) is 0 Å². The Hall–Kier alpha value is -3.29. The Morgan fingerprint density at radius 3 is 2.42 bits per heavy atom. The summed E-state index contributed by atoms with van der Waals surface area (Å²) < 4.78 is 32.4. The summed E-state index contributed by atoms with van der Waals surface area (Å²) in [6.45, 7) is 4.83. The van der Waals surface area contributed by atoms with Crippen LogP contribution < -0.4 is 10.1 Å². The zero-order valence-electron chi connectivity index (χ0n) is 18.1. The molecule has 0 spiro atoms. The van der Waals surface area contributed by atoms with E-state index >= 15 is 0 Å². The number of rotatable bonds is 9. The van der Waals surface area contributed by atoms with Crippen molar-refractivity contribution in [3.05, 3.63) is 54.5 Å². The van der Waals surface area contributed by atoms with E-state index in [4.69, 9.17) is 5.41 Å². The molecule has 0 radical (unpaired) electrons. The molecule has 0 amide bonds. The van der Waals surface area contributed by atoms with Crippen LogP contribution in [-0.2, 0) is 7.05 Å². The standard InChI is InChI=1S/C23H27F2N5O/c1-5-15(6-2)21(26)20-19(16-13-28-30(4)14-16)11-12-27-22(20)29-17-7-9-18(10-8-17)31-23(3,24)25/h7-15,26H,5-6H2,1-4H3,(H,27,29). The molecule has 164 valence electrons. The van der Waals surface area contributed by atoms with Crippen molar-refractivity contribution < 1.29 is 13.5 Å². The molecular weight excluding hydrogens is 400 g/mol. The molecule has 6 nitrogen and oxygen atoms in total. The van der Waals surface area contributed by atoms with Crippen LogP contribution in [-0.4, -0.2) is 26.6 Å². The first-order valence-corrected chi connectivity index (χ1v) is 10.2. The first-order chi connectivity index (χ1) is 14.7. The number of hydrogen-bond donors (Lipinski definition) is 2. The van der Waals surface area contributed by atoms with Crippen molar-refractivity contribution >= 4 is 17.2 Å². The molecule has 0 fully saturated rings. The van der Waals surface area contributed by atoms with Crippen LogP contribution in [0, 0.1) is 11.3 Å². The van der Waals surface area contributed by atoms with Gasteiger partial charge < -0.3 is 15.5 Å². The number of aromatic nitrogens is 3. The molecule has 0 saturated carbocycles. The van der Waals surface area contributed by atoms with Crippen LogP contribution in [0.3, 0.4) is 0 Å². The minimum absolute atomic E-state index is 0.0696. The quantitative estimate of drug-likeness (QED) is 0.409. The molecule has 0 unspecified atom stereocenters. The molecule has 0 bridgehead atoms. The highest BCUT2D eigenvalue weighted by atomic mass is 19.3. The fourth-order valence-electron chi connectivity index (χ4n) is 3.48. The first kappa shape index (κ1) is 22.4. The molecule has 0 atom stereocenters. The third kappa shape index (κ3) is 5.45. The van der Waals surface area contributed by atoms with Crippen molar-refractivity contribution in [2.75, 3.05) is 5.32 Å². The maximum Gasteiger partial charge on any atom is 0.394 e. The van der Waals surface area contributed by atoms with E-state index in [0.29, 0.717) is 29.7 Å². The number of benzene rings is 1. The number of hydrogen-bond acceptors (Lipinski definition) is 5. The van der Waals surface area contributed by atoms with Gasteiger partial charge in [0.1, 0.15) is 11.6 Å². The van der Waals surface area contributed by atoms with E-state index in [1.165, 1.54) is 12.1 Å². The molecule has 3 rings (SSSR count). The Morgan fingerprint density at radius 1 is 1.19 bits per heavy atom. The average Bonchev–Trinajstić information content (AvgIpc) is 3.15. The Morgan fingerprint density at radius 2 is 1.87 bits per heavy atom. The Kier molecular flexibility index (Phi) is 6.68. The van der Waals surface area contributed by atoms with E-state index in [1.807, 2.05) is 19.3 Å². The van der Waals surface area contributed by atoms with Gasteiger partial charge >= 0.3 is 6.11 Å². The second kappa shape index (κ2) is 9.24. The van der Waals surface area contributed by atoms with Gasteiger partial charge in [0.25, 0.3) is 0 Å². The SMILES string of the molecule is CCC(CC)C(=N)c1c(-c2cnn(C)c2)ccnc1Nc1ccc(OC(C)(F)F)cc1. The number of alkyl halides is 2. The lowest BCUT2D eigenvalue weighted by molar-refractivity contribution is -0.158. The highest BCUT2D eigenvalue weighted by Gasteiger charge is 2.24. The van der Waals surface area contributed by atoms with Gasteiger partial charge in [-0.2, -0.15) is 13.9 Å². The Labute approximate surface area is 180 Å². The highest BCUT2D eigenvalue weighted by molar-refractivity contribution is 6.09. The van der Waals surface area contributed by atoms with Crippen LogP contribution >= 0.6 is 0 Å². The lowest BCUT2D eigenvalue weighted by atomic mass is 9.88. The van der Waals surface area contributed by atoms with Gasteiger partial charge in [-0.15, -0.1) is 0 Å². The second-order valence-corrected chi connectivity index (χ2v) is 7.47. The van der Waals surface area contributed by atoms with Gasteiger partial charge in [0.05, 0.1) is 6.20 Å². The lowest BCUT2D eigenvalue weighted by Gasteiger charge is -2.20. The summed E-state index contributed by atoms with van der Waals surface area (Å²) >= 11 is 0. The number of nitrogens with zero attached hydrogens (tertiary/aromatic N) is 3. The molecule has 2 N–H and O–H groups in total. The zero-order valence-corrected chi connectivity index (χ0v) is 18.1. The van der Waals surface area contributed by atoms with Gasteiger partial charge in [-0.3, -0.25) is 4.68 Å². The molecule has 0 aliphatic carbocycles. The smallest absolute Gasteiger partial charge is 0.394 e. The van der Waals surface area contributed by atoms with E-state index in [2.05, 4.69) is 34.0 Å². The van der Waals surface area contributed by atoms with Gasteiger partial charge in [0, 0.05) is 54.8 Å². The van der Waals surface area contributed by atoms with Gasteiger partial charge in [-0.1, -0.05) is 13.8 Å². The second-order valence-electron chi connectivity index (χ2n) is 7.47. The molecule has 0 aliphatic rings. The maximum atomic E-state index is 13.1. The number of anilines is 2. The Bertz CT molecular complexity index is 1040. The molecule has 0 aliphatic heterocycles. The minimum atomic E-state index is -3.24. The lowest BCUT2D eigenvalue weighted by Crippen LogP contribution is -2.19.